The van der Waals surface area contributed by atoms with Crippen molar-refractivity contribution in [1.82, 2.24) is 4.90 Å². The van der Waals surface area contributed by atoms with Gasteiger partial charge in [0, 0.05) is 12.6 Å². The van der Waals surface area contributed by atoms with Gasteiger partial charge in [-0.3, -0.25) is 0 Å². The van der Waals surface area contributed by atoms with Crippen LogP contribution < -0.4 is 10.5 Å². The number of amides is 1. The van der Waals surface area contributed by atoms with E-state index in [1.165, 1.54) is 16.7 Å². The number of hydrogen-bond acceptors (Lipinski definition) is 5. The Morgan fingerprint density at radius 1 is 1.36 bits per heavy atom. The lowest BCUT2D eigenvalue weighted by atomic mass is 10.1. The summed E-state index contributed by atoms with van der Waals surface area (Å²) in [5.41, 5.74) is 6.88. The molecule has 25 heavy (non-hydrogen) atoms. The van der Waals surface area contributed by atoms with E-state index >= 15 is 0 Å². The molecule has 0 bridgehead atoms. The van der Waals surface area contributed by atoms with E-state index in [-0.39, 0.29) is 30.1 Å². The third-order valence-corrected chi connectivity index (χ3v) is 3.58. The second-order valence-corrected chi connectivity index (χ2v) is 7.50. The molecule has 0 heterocycles. The molecule has 1 amide bonds. The zero-order valence-corrected chi connectivity index (χ0v) is 18.8. The van der Waals surface area contributed by atoms with Crippen molar-refractivity contribution >= 4 is 52.7 Å². The average molecular weight is 481 g/mol. The molecule has 1 aromatic carbocycles. The number of aliphatic imine (C=N–C) groups is 1. The van der Waals surface area contributed by atoms with Crippen LogP contribution in [0.5, 0.6) is 5.75 Å². The third-order valence-electron chi connectivity index (χ3n) is 2.91. The molecule has 0 radical (unpaired) electrons. The molecule has 8 heteroatoms. The molecule has 0 fully saturated rings. The molecular weight excluding hydrogens is 453 g/mol. The summed E-state index contributed by atoms with van der Waals surface area (Å²) in [4.78, 5) is 18.0. The van der Waals surface area contributed by atoms with Crippen molar-refractivity contribution in [3.8, 4) is 5.75 Å². The standard InChI is InChI=1S/C17H27N3O3S.HI/c1-7-24-15(18)19-13-8-9-14(22-6)12(10-13)11-20(5)16(21)23-17(2,3)4;/h8-10H,7,11H2,1-6H3,(H2,18,19);1H. The van der Waals surface area contributed by atoms with Gasteiger partial charge >= 0.3 is 6.09 Å². The minimum Gasteiger partial charge on any atom is -0.496 e. The van der Waals surface area contributed by atoms with Crippen molar-refractivity contribution in [2.45, 2.75) is 39.8 Å². The summed E-state index contributed by atoms with van der Waals surface area (Å²) in [6.45, 7) is 7.87. The van der Waals surface area contributed by atoms with E-state index in [4.69, 9.17) is 15.2 Å². The summed E-state index contributed by atoms with van der Waals surface area (Å²) in [5.74, 6) is 1.55. The molecular formula is C17H28IN3O3S. The van der Waals surface area contributed by atoms with Crippen molar-refractivity contribution in [2.24, 2.45) is 10.7 Å². The Morgan fingerprint density at radius 2 is 2.00 bits per heavy atom. The molecule has 0 aliphatic heterocycles. The van der Waals surface area contributed by atoms with Crippen LogP contribution in [0.1, 0.15) is 33.3 Å². The van der Waals surface area contributed by atoms with Crippen LogP contribution in [0.15, 0.2) is 23.2 Å². The third kappa shape index (κ3) is 8.66. The van der Waals surface area contributed by atoms with Gasteiger partial charge in [0.15, 0.2) is 5.17 Å². The van der Waals surface area contributed by atoms with Gasteiger partial charge in [0.2, 0.25) is 0 Å². The lowest BCUT2D eigenvalue weighted by Crippen LogP contribution is -2.33. The summed E-state index contributed by atoms with van der Waals surface area (Å²) in [5, 5.41) is 0.508. The summed E-state index contributed by atoms with van der Waals surface area (Å²) in [6, 6.07) is 5.52. The smallest absolute Gasteiger partial charge is 0.410 e. The lowest BCUT2D eigenvalue weighted by molar-refractivity contribution is 0.0284. The maximum atomic E-state index is 12.1. The molecule has 2 N–H and O–H groups in total. The Bertz CT molecular complexity index is 603. The van der Waals surface area contributed by atoms with E-state index in [2.05, 4.69) is 4.99 Å². The summed E-state index contributed by atoms with van der Waals surface area (Å²) >= 11 is 1.48. The fraction of sp³-hybridized carbons (Fsp3) is 0.529. The van der Waals surface area contributed by atoms with Crippen LogP contribution in [0.2, 0.25) is 0 Å². The molecule has 1 rings (SSSR count). The number of carbonyl (C=O) groups is 1. The number of benzene rings is 1. The number of nitrogens with two attached hydrogens (primary N) is 1. The fourth-order valence-electron chi connectivity index (χ4n) is 1.93. The highest BCUT2D eigenvalue weighted by Crippen LogP contribution is 2.26. The first-order valence-electron chi connectivity index (χ1n) is 7.74. The number of halogens is 1. The van der Waals surface area contributed by atoms with Crippen LogP contribution in [0.3, 0.4) is 0 Å². The summed E-state index contributed by atoms with van der Waals surface area (Å²) < 4.78 is 10.7. The average Bonchev–Trinajstić information content (AvgIpc) is 2.46. The summed E-state index contributed by atoms with van der Waals surface area (Å²) in [7, 11) is 3.28. The Balaban J connectivity index is 0.00000576. The van der Waals surface area contributed by atoms with Gasteiger partial charge in [-0.2, -0.15) is 0 Å². The van der Waals surface area contributed by atoms with Crippen molar-refractivity contribution in [1.29, 1.82) is 0 Å². The highest BCUT2D eigenvalue weighted by atomic mass is 127. The van der Waals surface area contributed by atoms with E-state index in [0.717, 1.165) is 17.0 Å². The molecule has 0 aliphatic rings. The van der Waals surface area contributed by atoms with Crippen molar-refractivity contribution in [2.75, 3.05) is 19.9 Å². The van der Waals surface area contributed by atoms with Crippen molar-refractivity contribution in [3.63, 3.8) is 0 Å². The minimum absolute atomic E-state index is 0. The molecule has 0 unspecified atom stereocenters. The first kappa shape index (κ1) is 23.8. The maximum absolute atomic E-state index is 12.1. The van der Waals surface area contributed by atoms with Gasteiger partial charge in [-0.1, -0.05) is 18.7 Å². The molecule has 0 aliphatic carbocycles. The molecule has 0 saturated carbocycles. The number of thioether (sulfide) groups is 1. The van der Waals surface area contributed by atoms with E-state index < -0.39 is 5.60 Å². The van der Waals surface area contributed by atoms with Gasteiger partial charge < -0.3 is 20.1 Å². The SMILES string of the molecule is CCSC(N)=Nc1ccc(OC)c(CN(C)C(=O)OC(C)(C)C)c1.I. The van der Waals surface area contributed by atoms with Crippen LogP contribution in [0, 0.1) is 0 Å². The topological polar surface area (TPSA) is 77.2 Å². The van der Waals surface area contributed by atoms with E-state index in [9.17, 15) is 4.79 Å². The first-order chi connectivity index (χ1) is 11.2. The number of amidine groups is 1. The highest BCUT2D eigenvalue weighted by Gasteiger charge is 2.20. The van der Waals surface area contributed by atoms with Crippen molar-refractivity contribution in [3.05, 3.63) is 23.8 Å². The number of ether oxygens (including phenoxy) is 2. The predicted molar refractivity (Wildman–Crippen MR) is 116 cm³/mol. The normalized spacial score (nSPS) is 11.5. The van der Waals surface area contributed by atoms with Gasteiger partial charge in [-0.15, -0.1) is 24.0 Å². The van der Waals surface area contributed by atoms with E-state index in [1.54, 1.807) is 14.2 Å². The van der Waals surface area contributed by atoms with Gasteiger partial charge in [-0.05, 0) is 44.7 Å². The zero-order chi connectivity index (χ0) is 18.3. The van der Waals surface area contributed by atoms with Crippen LogP contribution in [-0.4, -0.2) is 41.7 Å². The van der Waals surface area contributed by atoms with Gasteiger partial charge in [-0.25, -0.2) is 9.79 Å². The van der Waals surface area contributed by atoms with Crippen LogP contribution in [0.25, 0.3) is 0 Å². The highest BCUT2D eigenvalue weighted by molar-refractivity contribution is 14.0. The zero-order valence-electron chi connectivity index (χ0n) is 15.7. The molecule has 0 spiro atoms. The Labute approximate surface area is 171 Å². The Hall–Kier alpha value is -1.16. The second kappa shape index (κ2) is 10.7. The quantitative estimate of drug-likeness (QED) is 0.384. The fourth-order valence-corrected chi connectivity index (χ4v) is 2.39. The van der Waals surface area contributed by atoms with Gasteiger partial charge in [0.05, 0.1) is 19.3 Å². The van der Waals surface area contributed by atoms with Crippen LogP contribution in [0.4, 0.5) is 10.5 Å². The number of hydrogen-bond donors (Lipinski definition) is 1. The largest absolute Gasteiger partial charge is 0.496 e. The number of nitrogens with zero attached hydrogens (tertiary/aromatic N) is 2. The van der Waals surface area contributed by atoms with Crippen LogP contribution >= 0.6 is 35.7 Å². The summed E-state index contributed by atoms with van der Waals surface area (Å²) in [6.07, 6.45) is -0.389. The molecule has 0 saturated heterocycles. The minimum atomic E-state index is -0.534. The molecule has 142 valence electrons. The molecule has 1 aromatic rings. The first-order valence-corrected chi connectivity index (χ1v) is 8.72. The lowest BCUT2D eigenvalue weighted by Gasteiger charge is -2.25. The Kier molecular flexibility index (Phi) is 10.2. The van der Waals surface area contributed by atoms with E-state index in [0.29, 0.717) is 17.5 Å². The number of methoxy groups -OCH3 is 1. The molecule has 0 aromatic heterocycles. The van der Waals surface area contributed by atoms with Gasteiger partial charge in [0.25, 0.3) is 0 Å². The number of carbonyl (C=O) groups excluding carboxylic acids is 1. The molecule has 0 atom stereocenters. The molecule has 6 nitrogen and oxygen atoms in total. The second-order valence-electron chi connectivity index (χ2n) is 6.22. The van der Waals surface area contributed by atoms with Gasteiger partial charge in [0.1, 0.15) is 11.4 Å². The van der Waals surface area contributed by atoms with Crippen LogP contribution in [-0.2, 0) is 11.3 Å². The maximum Gasteiger partial charge on any atom is 0.410 e. The van der Waals surface area contributed by atoms with Crippen molar-refractivity contribution < 1.29 is 14.3 Å². The predicted octanol–water partition coefficient (Wildman–Crippen LogP) is 4.38. The van der Waals surface area contributed by atoms with E-state index in [1.807, 2.05) is 45.9 Å². The Morgan fingerprint density at radius 3 is 2.52 bits per heavy atom. The number of rotatable bonds is 5. The monoisotopic (exact) mass is 481 g/mol.